The van der Waals surface area contributed by atoms with Crippen molar-refractivity contribution in [3.05, 3.63) is 22.2 Å². The Bertz CT molecular complexity index is 195. The zero-order valence-electron chi connectivity index (χ0n) is 5.59. The first-order valence-corrected chi connectivity index (χ1v) is 3.70. The second kappa shape index (κ2) is 2.78. The van der Waals surface area contributed by atoms with Crippen LogP contribution in [0.5, 0.6) is 0 Å². The molecule has 0 amide bonds. The number of rotatable bonds is 1. The van der Waals surface area contributed by atoms with Crippen molar-refractivity contribution >= 4 is 17.4 Å². The van der Waals surface area contributed by atoms with Crippen molar-refractivity contribution in [1.29, 1.82) is 0 Å². The Balaban J connectivity index is 2.80. The van der Waals surface area contributed by atoms with E-state index in [9.17, 15) is 0 Å². The molecule has 0 spiro atoms. The monoisotopic (exact) mass is 139 g/mol. The summed E-state index contributed by atoms with van der Waals surface area (Å²) >= 11 is 1.66. The molecule has 0 aliphatic heterocycles. The van der Waals surface area contributed by atoms with E-state index < -0.39 is 0 Å². The minimum Gasteiger partial charge on any atom is -0.253 e. The molecule has 0 saturated carbocycles. The quantitative estimate of drug-likeness (QED) is 0.582. The van der Waals surface area contributed by atoms with Gasteiger partial charge in [0.1, 0.15) is 0 Å². The summed E-state index contributed by atoms with van der Waals surface area (Å²) in [4.78, 5) is 5.18. The van der Waals surface area contributed by atoms with Gasteiger partial charge >= 0.3 is 0 Å². The second-order valence-corrected chi connectivity index (χ2v) is 3.04. The van der Waals surface area contributed by atoms with Crippen molar-refractivity contribution in [2.75, 3.05) is 0 Å². The standard InChI is InChI=1S/C7H9NS/c1-6(2)3-7-4-8-5-9-7/h3-5H,1-2H3. The molecule has 2 heteroatoms. The number of hydrogen-bond donors (Lipinski definition) is 0. The Kier molecular flexibility index (Phi) is 2.01. The van der Waals surface area contributed by atoms with Gasteiger partial charge in [-0.15, -0.1) is 11.3 Å². The Morgan fingerprint density at radius 3 is 2.89 bits per heavy atom. The maximum atomic E-state index is 3.95. The first kappa shape index (κ1) is 6.49. The van der Waals surface area contributed by atoms with E-state index in [-0.39, 0.29) is 0 Å². The molecule has 48 valence electrons. The lowest BCUT2D eigenvalue weighted by molar-refractivity contribution is 1.40. The maximum Gasteiger partial charge on any atom is 0.0797 e. The molecule has 1 aromatic rings. The number of aromatic nitrogens is 1. The summed E-state index contributed by atoms with van der Waals surface area (Å²) in [6, 6.07) is 0. The fourth-order valence-corrected chi connectivity index (χ4v) is 1.25. The molecule has 1 nitrogen and oxygen atoms in total. The molecule has 0 saturated heterocycles. The van der Waals surface area contributed by atoms with Crippen LogP contribution in [0.2, 0.25) is 0 Å². The van der Waals surface area contributed by atoms with Crippen LogP contribution < -0.4 is 0 Å². The van der Waals surface area contributed by atoms with E-state index in [1.165, 1.54) is 10.5 Å². The minimum absolute atomic E-state index is 1.23. The summed E-state index contributed by atoms with van der Waals surface area (Å²) in [7, 11) is 0. The molecule has 0 radical (unpaired) electrons. The smallest absolute Gasteiger partial charge is 0.0797 e. The van der Waals surface area contributed by atoms with Gasteiger partial charge in [0.15, 0.2) is 0 Å². The van der Waals surface area contributed by atoms with Crippen LogP contribution in [0.15, 0.2) is 17.3 Å². The maximum absolute atomic E-state index is 3.95. The minimum atomic E-state index is 1.23. The predicted molar refractivity (Wildman–Crippen MR) is 41.4 cm³/mol. The fraction of sp³-hybridized carbons (Fsp3) is 0.286. The van der Waals surface area contributed by atoms with Crippen molar-refractivity contribution in [3.8, 4) is 0 Å². The highest BCUT2D eigenvalue weighted by Crippen LogP contribution is 2.09. The summed E-state index contributed by atoms with van der Waals surface area (Å²) in [5, 5.41) is 0. The van der Waals surface area contributed by atoms with Gasteiger partial charge in [-0.3, -0.25) is 4.98 Å². The summed E-state index contributed by atoms with van der Waals surface area (Å²) in [6.07, 6.45) is 4.00. The molecule has 0 fully saturated rings. The van der Waals surface area contributed by atoms with E-state index in [4.69, 9.17) is 0 Å². The van der Waals surface area contributed by atoms with Crippen LogP contribution >= 0.6 is 11.3 Å². The molecule has 1 aromatic heterocycles. The lowest BCUT2D eigenvalue weighted by Gasteiger charge is -1.83. The fourth-order valence-electron chi connectivity index (χ4n) is 0.581. The highest BCUT2D eigenvalue weighted by molar-refractivity contribution is 7.10. The molecule has 0 unspecified atom stereocenters. The summed E-state index contributed by atoms with van der Waals surface area (Å²) in [6.45, 7) is 4.17. The zero-order chi connectivity index (χ0) is 6.69. The molecule has 0 aliphatic carbocycles. The van der Waals surface area contributed by atoms with Gasteiger partial charge in [-0.2, -0.15) is 0 Å². The van der Waals surface area contributed by atoms with Gasteiger partial charge in [-0.1, -0.05) is 5.57 Å². The summed E-state index contributed by atoms with van der Waals surface area (Å²) in [5.74, 6) is 0. The zero-order valence-corrected chi connectivity index (χ0v) is 6.40. The van der Waals surface area contributed by atoms with E-state index in [1.807, 2.05) is 11.7 Å². The van der Waals surface area contributed by atoms with Crippen molar-refractivity contribution in [1.82, 2.24) is 4.98 Å². The molecule has 1 rings (SSSR count). The average Bonchev–Trinajstić information content (AvgIpc) is 2.15. The van der Waals surface area contributed by atoms with Crippen molar-refractivity contribution in [2.45, 2.75) is 13.8 Å². The van der Waals surface area contributed by atoms with E-state index in [0.29, 0.717) is 0 Å². The number of hydrogen-bond acceptors (Lipinski definition) is 2. The van der Waals surface area contributed by atoms with Gasteiger partial charge in [0, 0.05) is 11.1 Å². The predicted octanol–water partition coefficient (Wildman–Crippen LogP) is 2.57. The van der Waals surface area contributed by atoms with Gasteiger partial charge in [0.2, 0.25) is 0 Å². The molecular weight excluding hydrogens is 130 g/mol. The Hall–Kier alpha value is -0.630. The van der Waals surface area contributed by atoms with Crippen molar-refractivity contribution in [2.24, 2.45) is 0 Å². The van der Waals surface area contributed by atoms with Crippen LogP contribution in [0, 0.1) is 0 Å². The molecule has 0 aromatic carbocycles. The number of allylic oxidation sites excluding steroid dienone is 1. The molecule has 0 aliphatic rings. The first-order chi connectivity index (χ1) is 4.29. The van der Waals surface area contributed by atoms with Gasteiger partial charge in [0.25, 0.3) is 0 Å². The van der Waals surface area contributed by atoms with Crippen LogP contribution in [0.25, 0.3) is 6.08 Å². The number of nitrogens with zero attached hydrogens (tertiary/aromatic N) is 1. The highest BCUT2D eigenvalue weighted by Gasteiger charge is 1.85. The van der Waals surface area contributed by atoms with Crippen molar-refractivity contribution < 1.29 is 0 Å². The molecule has 0 N–H and O–H groups in total. The largest absolute Gasteiger partial charge is 0.253 e. The third-order valence-corrected chi connectivity index (χ3v) is 1.60. The second-order valence-electron chi connectivity index (χ2n) is 2.13. The lowest BCUT2D eigenvalue weighted by Crippen LogP contribution is -1.61. The topological polar surface area (TPSA) is 12.9 Å². The molecule has 0 bridgehead atoms. The molecular formula is C7H9NS. The van der Waals surface area contributed by atoms with Gasteiger partial charge in [-0.05, 0) is 19.9 Å². The molecule has 0 atom stereocenters. The van der Waals surface area contributed by atoms with Gasteiger partial charge < -0.3 is 0 Å². The van der Waals surface area contributed by atoms with E-state index in [0.717, 1.165) is 0 Å². The Morgan fingerprint density at radius 2 is 2.44 bits per heavy atom. The normalized spacial score (nSPS) is 9.11. The van der Waals surface area contributed by atoms with E-state index >= 15 is 0 Å². The van der Waals surface area contributed by atoms with Gasteiger partial charge in [0.05, 0.1) is 5.51 Å². The first-order valence-electron chi connectivity index (χ1n) is 2.82. The van der Waals surface area contributed by atoms with Crippen LogP contribution in [0.3, 0.4) is 0 Å². The molecule has 9 heavy (non-hydrogen) atoms. The third kappa shape index (κ3) is 1.98. The Morgan fingerprint density at radius 1 is 1.67 bits per heavy atom. The average molecular weight is 139 g/mol. The SMILES string of the molecule is CC(C)=Cc1cncs1. The van der Waals surface area contributed by atoms with Gasteiger partial charge in [-0.25, -0.2) is 0 Å². The lowest BCUT2D eigenvalue weighted by atomic mass is 10.3. The van der Waals surface area contributed by atoms with Crippen LogP contribution in [-0.2, 0) is 0 Å². The molecule has 1 heterocycles. The number of thiazole rings is 1. The summed E-state index contributed by atoms with van der Waals surface area (Å²) < 4.78 is 0. The van der Waals surface area contributed by atoms with Crippen molar-refractivity contribution in [3.63, 3.8) is 0 Å². The summed E-state index contributed by atoms with van der Waals surface area (Å²) in [5.41, 5.74) is 3.16. The van der Waals surface area contributed by atoms with E-state index in [2.05, 4.69) is 24.9 Å². The van der Waals surface area contributed by atoms with E-state index in [1.54, 1.807) is 11.3 Å². The highest BCUT2D eigenvalue weighted by atomic mass is 32.1. The Labute approximate surface area is 59.1 Å². The van der Waals surface area contributed by atoms with Crippen LogP contribution in [0.1, 0.15) is 18.7 Å². The third-order valence-electron chi connectivity index (χ3n) is 0.882. The van der Waals surface area contributed by atoms with Crippen LogP contribution in [0.4, 0.5) is 0 Å². The van der Waals surface area contributed by atoms with Crippen LogP contribution in [-0.4, -0.2) is 4.98 Å².